The molecule has 24 nitrogen and oxygen atoms in total. The molecule has 8 N–H and O–H groups in total. The van der Waals surface area contributed by atoms with Gasteiger partial charge in [-0.05, 0) is 97.8 Å². The normalized spacial score (nSPS) is 12.8. The summed E-state index contributed by atoms with van der Waals surface area (Å²) in [7, 11) is -16.8. The highest BCUT2D eigenvalue weighted by atomic mass is 32.2. The van der Waals surface area contributed by atoms with Crippen LogP contribution in [0.15, 0.2) is 158 Å². The van der Waals surface area contributed by atoms with Gasteiger partial charge in [0.2, 0.25) is 0 Å². The van der Waals surface area contributed by atoms with Crippen LogP contribution in [0.2, 0.25) is 0 Å². The molecule has 68 heavy (non-hydrogen) atoms. The molecule has 28 heteroatoms. The zero-order valence-corrected chi connectivity index (χ0v) is 38.7. The molecule has 0 aliphatic rings. The first-order valence-corrected chi connectivity index (χ1v) is 24.5. The van der Waals surface area contributed by atoms with Gasteiger partial charge in [-0.3, -0.25) is 18.2 Å². The van der Waals surface area contributed by atoms with E-state index in [0.717, 1.165) is 36.4 Å². The van der Waals surface area contributed by atoms with E-state index in [1.54, 1.807) is 13.8 Å². The molecule has 0 aromatic heterocycles. The number of benzene rings is 6. The standard InChI is InChI=1S/C40H36N10O14S4/c1-21-13-33(49-45-25-7-11-29(41)39(17-25)67(57,58)59)35(63-3)19-31(21)47-43-23-5-9-27(37(15-23)65(51,52)53)28-10-6-24(16-38(28)66(54,55)56)44-48-32-20-36(64-4)34(14-22(32)2)50-46-26-8-12-30(42)40(18-26)68(60,61)62/h5-20H,41-42H2,1-4H3,(H,51,52,53)(H,54,55,56)(H,57,58,59)(H,60,61,62). The lowest BCUT2D eigenvalue weighted by Crippen LogP contribution is -2.05. The van der Waals surface area contributed by atoms with Gasteiger partial charge in [-0.2, -0.15) is 64.4 Å². The molecule has 0 saturated heterocycles. The molecule has 6 aromatic rings. The van der Waals surface area contributed by atoms with Crippen LogP contribution in [0.1, 0.15) is 11.1 Å². The summed E-state index contributed by atoms with van der Waals surface area (Å²) in [6.45, 7) is 3.25. The Morgan fingerprint density at radius 1 is 0.382 bits per heavy atom. The second-order valence-electron chi connectivity index (χ2n) is 14.1. The van der Waals surface area contributed by atoms with E-state index < -0.39 is 60.1 Å². The molecule has 6 aromatic carbocycles. The number of aryl methyl sites for hydroxylation is 2. The van der Waals surface area contributed by atoms with Crippen molar-refractivity contribution in [1.82, 2.24) is 0 Å². The van der Waals surface area contributed by atoms with E-state index >= 15 is 0 Å². The SMILES string of the molecule is COc1cc(N=Nc2ccc(-c3ccc(N=Nc4cc(OC)c(N=Nc5ccc(N)c(S(=O)(=O)O)c5)cc4C)cc3S(=O)(=O)O)c(S(=O)(=O)O)c2)c(C)cc1N=Nc1ccc(N)c(S(=O)(=O)O)c1. The number of nitrogens with zero attached hydrogens (tertiary/aromatic N) is 8. The summed E-state index contributed by atoms with van der Waals surface area (Å²) in [5.74, 6) is 0.274. The molecular weight excluding hydrogens is 973 g/mol. The molecule has 0 unspecified atom stereocenters. The summed E-state index contributed by atoms with van der Waals surface area (Å²) >= 11 is 0. The number of rotatable bonds is 15. The van der Waals surface area contributed by atoms with Crippen molar-refractivity contribution >= 4 is 97.3 Å². The number of hydrogen-bond acceptors (Lipinski definition) is 20. The Hall–Kier alpha value is -7.44. The molecule has 0 bridgehead atoms. The zero-order valence-electron chi connectivity index (χ0n) is 35.5. The molecule has 0 aliphatic carbocycles. The van der Waals surface area contributed by atoms with Crippen molar-refractivity contribution in [3.8, 4) is 22.6 Å². The number of nitrogen functional groups attached to an aromatic ring is 2. The molecule has 0 spiro atoms. The fraction of sp³-hybridized carbons (Fsp3) is 0.100. The minimum absolute atomic E-state index is 0.0395. The Kier molecular flexibility index (Phi) is 14.3. The summed E-state index contributed by atoms with van der Waals surface area (Å²) in [5, 5.41) is 32.7. The van der Waals surface area contributed by atoms with Gasteiger partial charge < -0.3 is 20.9 Å². The molecule has 0 radical (unpaired) electrons. The number of ether oxygens (including phenoxy) is 2. The van der Waals surface area contributed by atoms with Gasteiger partial charge in [0.25, 0.3) is 40.5 Å². The van der Waals surface area contributed by atoms with Crippen LogP contribution < -0.4 is 20.9 Å². The van der Waals surface area contributed by atoms with Crippen molar-refractivity contribution in [3.05, 3.63) is 108 Å². The highest BCUT2D eigenvalue weighted by Gasteiger charge is 2.25. The Morgan fingerprint density at radius 2 is 0.662 bits per heavy atom. The maximum absolute atomic E-state index is 12.7. The summed E-state index contributed by atoms with van der Waals surface area (Å²) in [4.78, 5) is -2.71. The minimum Gasteiger partial charge on any atom is -0.494 e. The third kappa shape index (κ3) is 11.7. The molecule has 0 fully saturated rings. The highest BCUT2D eigenvalue weighted by molar-refractivity contribution is 7.86. The lowest BCUT2D eigenvalue weighted by atomic mass is 10.0. The molecule has 0 atom stereocenters. The minimum atomic E-state index is -5.10. The van der Waals surface area contributed by atoms with Gasteiger partial charge in [0.15, 0.2) is 0 Å². The molecule has 6 rings (SSSR count). The second kappa shape index (κ2) is 19.4. The number of methoxy groups -OCH3 is 2. The predicted molar refractivity (Wildman–Crippen MR) is 245 cm³/mol. The Morgan fingerprint density at radius 3 is 0.956 bits per heavy atom. The van der Waals surface area contributed by atoms with E-state index in [1.807, 2.05) is 0 Å². The Bertz CT molecular complexity index is 3370. The van der Waals surface area contributed by atoms with Gasteiger partial charge >= 0.3 is 0 Å². The van der Waals surface area contributed by atoms with Gasteiger partial charge in [0, 0.05) is 23.3 Å². The first kappa shape index (κ1) is 50.0. The van der Waals surface area contributed by atoms with Crippen LogP contribution in [0.25, 0.3) is 11.1 Å². The predicted octanol–water partition coefficient (Wildman–Crippen LogP) is 9.80. The summed E-state index contributed by atoms with van der Waals surface area (Å²) in [5.41, 5.74) is 11.7. The fourth-order valence-corrected chi connectivity index (χ4v) is 8.83. The van der Waals surface area contributed by atoms with Crippen LogP contribution in [0.3, 0.4) is 0 Å². The summed E-state index contributed by atoms with van der Waals surface area (Å²) in [6, 6.07) is 19.8. The van der Waals surface area contributed by atoms with Gasteiger partial charge in [-0.25, -0.2) is 0 Å². The van der Waals surface area contributed by atoms with Crippen molar-refractivity contribution in [2.45, 2.75) is 33.4 Å². The topological polar surface area (TPSA) is 387 Å². The van der Waals surface area contributed by atoms with Crippen LogP contribution in [0.4, 0.5) is 56.9 Å². The van der Waals surface area contributed by atoms with E-state index in [-0.39, 0.29) is 79.5 Å². The monoisotopic (exact) mass is 1010 g/mol. The third-order valence-corrected chi connectivity index (χ3v) is 13.0. The van der Waals surface area contributed by atoms with Crippen molar-refractivity contribution in [2.24, 2.45) is 40.9 Å². The molecule has 0 heterocycles. The maximum Gasteiger partial charge on any atom is 0.296 e. The van der Waals surface area contributed by atoms with Crippen molar-refractivity contribution in [1.29, 1.82) is 0 Å². The molecule has 0 saturated carbocycles. The lowest BCUT2D eigenvalue weighted by molar-refractivity contribution is 0.416. The average molecular weight is 1010 g/mol. The first-order chi connectivity index (χ1) is 31.8. The van der Waals surface area contributed by atoms with E-state index in [1.165, 1.54) is 74.9 Å². The molecular formula is C40H36N10O14S4. The summed E-state index contributed by atoms with van der Waals surface area (Å²) in [6.07, 6.45) is 0. The van der Waals surface area contributed by atoms with E-state index in [2.05, 4.69) is 40.9 Å². The Labute approximate surface area is 387 Å². The van der Waals surface area contributed by atoms with Gasteiger partial charge in [-0.1, -0.05) is 12.1 Å². The van der Waals surface area contributed by atoms with Crippen molar-refractivity contribution in [2.75, 3.05) is 25.7 Å². The second-order valence-corrected chi connectivity index (χ2v) is 19.7. The van der Waals surface area contributed by atoms with Gasteiger partial charge in [0.1, 0.15) is 42.5 Å². The van der Waals surface area contributed by atoms with Crippen LogP contribution in [-0.4, -0.2) is 66.1 Å². The van der Waals surface area contributed by atoms with Crippen molar-refractivity contribution < 1.29 is 61.4 Å². The van der Waals surface area contributed by atoms with E-state index in [0.29, 0.717) is 11.1 Å². The van der Waals surface area contributed by atoms with Crippen molar-refractivity contribution in [3.63, 3.8) is 0 Å². The van der Waals surface area contributed by atoms with Crippen LogP contribution in [0.5, 0.6) is 11.5 Å². The maximum atomic E-state index is 12.7. The highest BCUT2D eigenvalue weighted by Crippen LogP contribution is 2.41. The number of azo groups is 4. The number of hydrogen-bond donors (Lipinski definition) is 6. The van der Waals surface area contributed by atoms with Gasteiger partial charge in [-0.15, -0.1) is 10.2 Å². The van der Waals surface area contributed by atoms with Crippen LogP contribution in [-0.2, 0) is 40.5 Å². The van der Waals surface area contributed by atoms with E-state index in [4.69, 9.17) is 20.9 Å². The quantitative estimate of drug-likeness (QED) is 0.0316. The largest absolute Gasteiger partial charge is 0.494 e. The number of anilines is 2. The van der Waals surface area contributed by atoms with Crippen LogP contribution >= 0.6 is 0 Å². The van der Waals surface area contributed by atoms with Gasteiger partial charge in [0.05, 0.1) is 59.7 Å². The number of nitrogens with two attached hydrogens (primary N) is 2. The van der Waals surface area contributed by atoms with E-state index in [9.17, 15) is 51.9 Å². The molecule has 354 valence electrons. The third-order valence-electron chi connectivity index (χ3n) is 9.41. The molecule has 0 amide bonds. The summed E-state index contributed by atoms with van der Waals surface area (Å²) < 4.78 is 148. The Balaban J connectivity index is 1.28. The lowest BCUT2D eigenvalue weighted by Gasteiger charge is -2.12. The fourth-order valence-electron chi connectivity index (χ4n) is 6.10. The zero-order chi connectivity index (χ0) is 49.9. The molecule has 0 aliphatic heterocycles. The van der Waals surface area contributed by atoms with Crippen LogP contribution in [0, 0.1) is 13.8 Å². The average Bonchev–Trinajstić information content (AvgIpc) is 3.26. The first-order valence-electron chi connectivity index (χ1n) is 18.8. The smallest absolute Gasteiger partial charge is 0.296 e.